The molecule has 0 aromatic carbocycles. The van der Waals surface area contributed by atoms with Gasteiger partial charge in [0.15, 0.2) is 5.82 Å². The van der Waals surface area contributed by atoms with Crippen molar-refractivity contribution in [3.05, 3.63) is 22.8 Å². The maximum Gasteiger partial charge on any atom is 0.339 e. The summed E-state index contributed by atoms with van der Waals surface area (Å²) in [5.41, 5.74) is 1.16. The summed E-state index contributed by atoms with van der Waals surface area (Å²) in [5.74, 6) is -0.417. The van der Waals surface area contributed by atoms with Crippen LogP contribution >= 0.6 is 0 Å². The number of morpholine rings is 1. The smallest absolute Gasteiger partial charge is 0.339 e. The van der Waals surface area contributed by atoms with Crippen LogP contribution in [0.2, 0.25) is 0 Å². The van der Waals surface area contributed by atoms with Crippen LogP contribution in [0.5, 0.6) is 0 Å². The second-order valence-corrected chi connectivity index (χ2v) is 4.55. The highest BCUT2D eigenvalue weighted by Gasteiger charge is 2.24. The number of aryl methyl sites for hydroxylation is 2. The molecule has 1 aromatic rings. The lowest BCUT2D eigenvalue weighted by Gasteiger charge is -2.29. The highest BCUT2D eigenvalue weighted by atomic mass is 16.5. The topological polar surface area (TPSA) is 75.5 Å². The van der Waals surface area contributed by atoms with Crippen LogP contribution in [0.3, 0.4) is 0 Å². The van der Waals surface area contributed by atoms with Crippen molar-refractivity contribution >= 4 is 5.97 Å². The van der Waals surface area contributed by atoms with Gasteiger partial charge in [-0.15, -0.1) is 0 Å². The van der Waals surface area contributed by atoms with E-state index in [1.165, 1.54) is 0 Å². The van der Waals surface area contributed by atoms with E-state index in [1.807, 2.05) is 7.05 Å². The van der Waals surface area contributed by atoms with Crippen LogP contribution in [-0.4, -0.2) is 52.7 Å². The third-order valence-electron chi connectivity index (χ3n) is 3.06. The molecule has 1 aliphatic heterocycles. The van der Waals surface area contributed by atoms with E-state index in [0.717, 1.165) is 13.1 Å². The largest absolute Gasteiger partial charge is 0.478 e. The molecule has 1 atom stereocenters. The molecule has 18 heavy (non-hydrogen) atoms. The van der Waals surface area contributed by atoms with Gasteiger partial charge in [0.25, 0.3) is 0 Å². The second-order valence-electron chi connectivity index (χ2n) is 4.55. The predicted molar refractivity (Wildman–Crippen MR) is 64.7 cm³/mol. The number of hydrogen-bond donors (Lipinski definition) is 1. The summed E-state index contributed by atoms with van der Waals surface area (Å²) >= 11 is 0. The summed E-state index contributed by atoms with van der Waals surface area (Å²) in [7, 11) is 2.01. The van der Waals surface area contributed by atoms with Gasteiger partial charge in [-0.3, -0.25) is 0 Å². The number of likely N-dealkylation sites (N-methyl/N-ethyl adjacent to an activating group) is 1. The number of aromatic carboxylic acids is 1. The van der Waals surface area contributed by atoms with Crippen molar-refractivity contribution in [1.82, 2.24) is 14.9 Å². The number of nitrogens with zero attached hydrogens (tertiary/aromatic N) is 3. The molecule has 1 saturated heterocycles. The first-order valence-corrected chi connectivity index (χ1v) is 5.87. The van der Waals surface area contributed by atoms with Gasteiger partial charge < -0.3 is 14.7 Å². The lowest BCUT2D eigenvalue weighted by atomic mass is 10.1. The maximum absolute atomic E-state index is 11.1. The van der Waals surface area contributed by atoms with Crippen molar-refractivity contribution in [2.75, 3.05) is 26.7 Å². The Morgan fingerprint density at radius 1 is 1.39 bits per heavy atom. The number of hydrogen-bond acceptors (Lipinski definition) is 5. The van der Waals surface area contributed by atoms with E-state index in [-0.39, 0.29) is 11.7 Å². The van der Waals surface area contributed by atoms with Gasteiger partial charge in [-0.1, -0.05) is 0 Å². The van der Waals surface area contributed by atoms with Crippen molar-refractivity contribution in [2.24, 2.45) is 0 Å². The summed E-state index contributed by atoms with van der Waals surface area (Å²) in [5, 5.41) is 9.07. The van der Waals surface area contributed by atoms with Gasteiger partial charge >= 0.3 is 5.97 Å². The van der Waals surface area contributed by atoms with Crippen LogP contribution in [0.15, 0.2) is 0 Å². The average Bonchev–Trinajstić information content (AvgIpc) is 2.27. The predicted octanol–water partition coefficient (Wildman–Crippen LogP) is 0.795. The highest BCUT2D eigenvalue weighted by Crippen LogP contribution is 2.20. The van der Waals surface area contributed by atoms with Gasteiger partial charge in [-0.2, -0.15) is 0 Å². The normalized spacial score (nSPS) is 20.9. The van der Waals surface area contributed by atoms with Crippen LogP contribution in [0.25, 0.3) is 0 Å². The Balaban J connectivity index is 2.32. The molecule has 0 radical (unpaired) electrons. The molecule has 2 rings (SSSR count). The Labute approximate surface area is 106 Å². The third-order valence-corrected chi connectivity index (χ3v) is 3.06. The first kappa shape index (κ1) is 12.9. The van der Waals surface area contributed by atoms with Crippen molar-refractivity contribution < 1.29 is 14.6 Å². The van der Waals surface area contributed by atoms with Crippen LogP contribution in [0, 0.1) is 13.8 Å². The lowest BCUT2D eigenvalue weighted by molar-refractivity contribution is -0.0256. The third kappa shape index (κ3) is 2.49. The molecule has 1 aromatic heterocycles. The highest BCUT2D eigenvalue weighted by molar-refractivity contribution is 5.89. The van der Waals surface area contributed by atoms with Gasteiger partial charge in [0, 0.05) is 13.1 Å². The standard InChI is InChI=1S/C12H17N3O3/c1-7-10(12(16)17)8(2)14-11(13-7)9-6-15(3)4-5-18-9/h9H,4-6H2,1-3H3,(H,16,17). The van der Waals surface area contributed by atoms with Gasteiger partial charge in [0.1, 0.15) is 11.7 Å². The van der Waals surface area contributed by atoms with Crippen LogP contribution < -0.4 is 0 Å². The first-order valence-electron chi connectivity index (χ1n) is 5.87. The Bertz CT molecular complexity index is 453. The van der Waals surface area contributed by atoms with Crippen molar-refractivity contribution in [1.29, 1.82) is 0 Å². The minimum Gasteiger partial charge on any atom is -0.478 e. The zero-order valence-electron chi connectivity index (χ0n) is 10.8. The zero-order valence-corrected chi connectivity index (χ0v) is 10.8. The van der Waals surface area contributed by atoms with Crippen LogP contribution in [0.1, 0.15) is 33.7 Å². The summed E-state index contributed by atoms with van der Waals surface area (Å²) in [6.07, 6.45) is -0.177. The Kier molecular flexibility index (Phi) is 3.58. The molecule has 0 spiro atoms. The quantitative estimate of drug-likeness (QED) is 0.837. The first-order chi connectivity index (χ1) is 8.49. The summed E-state index contributed by atoms with van der Waals surface area (Å²) in [4.78, 5) is 21.7. The van der Waals surface area contributed by atoms with Gasteiger partial charge in [0.2, 0.25) is 0 Å². The summed E-state index contributed by atoms with van der Waals surface area (Å²) in [6.45, 7) is 5.64. The van der Waals surface area contributed by atoms with E-state index in [1.54, 1.807) is 13.8 Å². The Morgan fingerprint density at radius 3 is 2.50 bits per heavy atom. The van der Waals surface area contributed by atoms with E-state index in [9.17, 15) is 4.79 Å². The molecule has 2 heterocycles. The monoisotopic (exact) mass is 251 g/mol. The fourth-order valence-electron chi connectivity index (χ4n) is 2.13. The molecule has 0 bridgehead atoms. The molecule has 6 nitrogen and oxygen atoms in total. The molecule has 1 unspecified atom stereocenters. The number of carboxylic acid groups (broad SMARTS) is 1. The Morgan fingerprint density at radius 2 is 2.00 bits per heavy atom. The lowest BCUT2D eigenvalue weighted by Crippen LogP contribution is -2.36. The van der Waals surface area contributed by atoms with E-state index >= 15 is 0 Å². The maximum atomic E-state index is 11.1. The van der Waals surface area contributed by atoms with Gasteiger partial charge in [0.05, 0.1) is 18.0 Å². The number of aromatic nitrogens is 2. The number of carbonyl (C=O) groups is 1. The molecular formula is C12H17N3O3. The van der Waals surface area contributed by atoms with E-state index in [4.69, 9.17) is 9.84 Å². The van der Waals surface area contributed by atoms with Crippen molar-refractivity contribution in [3.63, 3.8) is 0 Å². The molecule has 0 saturated carbocycles. The molecular weight excluding hydrogens is 234 g/mol. The molecule has 1 aliphatic rings. The molecule has 0 amide bonds. The number of rotatable bonds is 2. The molecule has 1 N–H and O–H groups in total. The average molecular weight is 251 g/mol. The second kappa shape index (κ2) is 4.99. The molecule has 98 valence electrons. The SMILES string of the molecule is Cc1nc(C2CN(C)CCO2)nc(C)c1C(=O)O. The van der Waals surface area contributed by atoms with Gasteiger partial charge in [-0.25, -0.2) is 14.8 Å². The Hall–Kier alpha value is -1.53. The van der Waals surface area contributed by atoms with Crippen LogP contribution in [0.4, 0.5) is 0 Å². The van der Waals surface area contributed by atoms with E-state index in [0.29, 0.717) is 23.8 Å². The summed E-state index contributed by atoms with van der Waals surface area (Å²) < 4.78 is 5.63. The molecule has 6 heteroatoms. The minimum absolute atomic E-state index is 0.177. The van der Waals surface area contributed by atoms with Crippen molar-refractivity contribution in [3.8, 4) is 0 Å². The van der Waals surface area contributed by atoms with E-state index in [2.05, 4.69) is 14.9 Å². The van der Waals surface area contributed by atoms with E-state index < -0.39 is 5.97 Å². The van der Waals surface area contributed by atoms with Crippen molar-refractivity contribution in [2.45, 2.75) is 20.0 Å². The number of ether oxygens (including phenoxy) is 1. The fourth-order valence-corrected chi connectivity index (χ4v) is 2.13. The summed E-state index contributed by atoms with van der Waals surface area (Å²) in [6, 6.07) is 0. The molecule has 1 fully saturated rings. The number of carboxylic acids is 1. The van der Waals surface area contributed by atoms with Crippen LogP contribution in [-0.2, 0) is 4.74 Å². The molecule has 0 aliphatic carbocycles. The minimum atomic E-state index is -0.988. The van der Waals surface area contributed by atoms with Gasteiger partial charge in [-0.05, 0) is 20.9 Å². The zero-order chi connectivity index (χ0) is 13.3. The fraction of sp³-hybridized carbons (Fsp3) is 0.583.